The maximum absolute atomic E-state index is 13.1. The van der Waals surface area contributed by atoms with Gasteiger partial charge in [0.1, 0.15) is 12.1 Å². The third kappa shape index (κ3) is 8.43. The van der Waals surface area contributed by atoms with Crippen LogP contribution in [0, 0.1) is 0 Å². The van der Waals surface area contributed by atoms with Crippen LogP contribution in [-0.2, 0) is 35.1 Å². The summed E-state index contributed by atoms with van der Waals surface area (Å²) in [5.41, 5.74) is 7.72. The molecule has 210 valence electrons. The molecule has 1 aliphatic carbocycles. The maximum atomic E-state index is 13.1. The number of ether oxygens (including phenoxy) is 1. The van der Waals surface area contributed by atoms with Gasteiger partial charge in [0.25, 0.3) is 0 Å². The fourth-order valence-corrected chi connectivity index (χ4v) is 4.34. The first-order valence-corrected chi connectivity index (χ1v) is 11.9. The van der Waals surface area contributed by atoms with Gasteiger partial charge in [-0.1, -0.05) is 24.3 Å². The quantitative estimate of drug-likeness (QED) is 0.349. The Bertz CT molecular complexity index is 1030. The van der Waals surface area contributed by atoms with E-state index in [0.29, 0.717) is 19.4 Å². The molecule has 2 aliphatic rings. The van der Waals surface area contributed by atoms with Crippen molar-refractivity contribution in [1.29, 1.82) is 0 Å². The third-order valence-corrected chi connectivity index (χ3v) is 6.24. The van der Waals surface area contributed by atoms with Crippen molar-refractivity contribution < 1.29 is 47.0 Å². The van der Waals surface area contributed by atoms with E-state index in [1.165, 1.54) is 17.6 Å². The summed E-state index contributed by atoms with van der Waals surface area (Å²) >= 11 is 0. The molecule has 3 rings (SSSR count). The summed E-state index contributed by atoms with van der Waals surface area (Å²) in [6, 6.07) is 6.24. The van der Waals surface area contributed by atoms with Gasteiger partial charge in [-0.15, -0.1) is 0 Å². The smallest absolute Gasteiger partial charge is 0.475 e. The van der Waals surface area contributed by atoms with E-state index < -0.39 is 36.1 Å². The second-order valence-electron chi connectivity index (χ2n) is 8.73. The second-order valence-corrected chi connectivity index (χ2v) is 8.73. The van der Waals surface area contributed by atoms with Gasteiger partial charge in [0.05, 0.1) is 19.7 Å². The number of rotatable bonds is 8. The fraction of sp³-hybridized carbons (Fsp3) is 0.542. The number of carboxylic acid groups (broad SMARTS) is 1. The zero-order valence-corrected chi connectivity index (χ0v) is 20.8. The first kappa shape index (κ1) is 30.5. The van der Waals surface area contributed by atoms with Crippen molar-refractivity contribution in [2.75, 3.05) is 20.2 Å². The van der Waals surface area contributed by atoms with Crippen LogP contribution in [0.1, 0.15) is 49.3 Å². The normalized spacial score (nSPS) is 18.9. The number of nitrogens with zero attached hydrogens (tertiary/aromatic N) is 1. The van der Waals surface area contributed by atoms with Crippen LogP contribution in [-0.4, -0.2) is 78.1 Å². The molecule has 1 aromatic rings. The van der Waals surface area contributed by atoms with Crippen LogP contribution < -0.4 is 16.4 Å². The van der Waals surface area contributed by atoms with Gasteiger partial charge in [-0.3, -0.25) is 19.2 Å². The first-order chi connectivity index (χ1) is 17.9. The highest BCUT2D eigenvalue weighted by Gasteiger charge is 2.38. The lowest BCUT2D eigenvalue weighted by atomic mass is 10.1. The number of carboxylic acids is 1. The van der Waals surface area contributed by atoms with E-state index in [1.807, 2.05) is 24.3 Å². The highest BCUT2D eigenvalue weighted by Crippen LogP contribution is 2.30. The van der Waals surface area contributed by atoms with Crippen LogP contribution in [0.4, 0.5) is 13.2 Å². The predicted octanol–water partition coefficient (Wildman–Crippen LogP) is 0.811. The van der Waals surface area contributed by atoms with Crippen LogP contribution in [0.25, 0.3) is 0 Å². The number of aliphatic carboxylic acids is 1. The standard InChI is InChI=1S/C22H30N4O5.C2HF3O2/c1-31-20(28)11-10-17(25-22(30)18-7-4-12-26(18)19(27)13-23)21(29)24-16-9-8-14-5-2-3-6-15(14)16;3-2(4,5)1(6)7/h2-3,5-6,16-18H,4,7-13,23H2,1H3,(H,24,29)(H,25,30);(H,6,7)/t16-,17+,18+;/m1./s1. The Morgan fingerprint density at radius 3 is 2.45 bits per heavy atom. The van der Waals surface area contributed by atoms with Gasteiger partial charge >= 0.3 is 18.1 Å². The largest absolute Gasteiger partial charge is 0.490 e. The fourth-order valence-electron chi connectivity index (χ4n) is 4.34. The lowest BCUT2D eigenvalue weighted by Crippen LogP contribution is -2.54. The van der Waals surface area contributed by atoms with Crippen molar-refractivity contribution in [3.8, 4) is 0 Å². The van der Waals surface area contributed by atoms with E-state index in [4.69, 9.17) is 15.6 Å². The average Bonchev–Trinajstić information content (AvgIpc) is 3.53. The van der Waals surface area contributed by atoms with Crippen LogP contribution in [0.15, 0.2) is 24.3 Å². The monoisotopic (exact) mass is 544 g/mol. The van der Waals surface area contributed by atoms with Crippen LogP contribution in [0.3, 0.4) is 0 Å². The van der Waals surface area contributed by atoms with Gasteiger partial charge < -0.3 is 31.1 Å². The van der Waals surface area contributed by atoms with Crippen molar-refractivity contribution in [1.82, 2.24) is 15.5 Å². The lowest BCUT2D eigenvalue weighted by molar-refractivity contribution is -0.192. The summed E-state index contributed by atoms with van der Waals surface area (Å²) in [4.78, 5) is 60.0. The minimum Gasteiger partial charge on any atom is -0.475 e. The molecule has 0 saturated carbocycles. The first-order valence-electron chi connectivity index (χ1n) is 11.9. The lowest BCUT2D eigenvalue weighted by Gasteiger charge is -2.26. The Labute approximate surface area is 216 Å². The number of aryl methyl sites for hydroxylation is 1. The topological polar surface area (TPSA) is 168 Å². The van der Waals surface area contributed by atoms with Crippen molar-refractivity contribution in [3.63, 3.8) is 0 Å². The highest BCUT2D eigenvalue weighted by molar-refractivity contribution is 5.93. The van der Waals surface area contributed by atoms with Gasteiger partial charge in [-0.2, -0.15) is 13.2 Å². The molecule has 38 heavy (non-hydrogen) atoms. The summed E-state index contributed by atoms with van der Waals surface area (Å²) < 4.78 is 36.4. The van der Waals surface area contributed by atoms with E-state index in [9.17, 15) is 32.3 Å². The zero-order chi connectivity index (χ0) is 28.5. The second kappa shape index (κ2) is 13.7. The number of alkyl halides is 3. The molecule has 3 atom stereocenters. The number of carbonyl (C=O) groups excluding carboxylic acids is 4. The van der Waals surface area contributed by atoms with Crippen molar-refractivity contribution in [2.45, 2.75) is 62.8 Å². The van der Waals surface area contributed by atoms with Crippen LogP contribution in [0.5, 0.6) is 0 Å². The summed E-state index contributed by atoms with van der Waals surface area (Å²) in [6.07, 6.45) is -2.12. The summed E-state index contributed by atoms with van der Waals surface area (Å²) in [5, 5.41) is 12.9. The van der Waals surface area contributed by atoms with Gasteiger partial charge in [0.15, 0.2) is 0 Å². The molecule has 1 saturated heterocycles. The SMILES string of the molecule is COC(=O)CC[C@H](NC(=O)[C@@H]1CCCN1C(=O)CN)C(=O)N[C@@H]1CCc2ccccc21.O=C(O)C(F)(F)F. The molecule has 1 heterocycles. The molecule has 0 unspecified atom stereocenters. The molecule has 1 aromatic carbocycles. The number of benzene rings is 1. The number of carbonyl (C=O) groups is 5. The predicted molar refractivity (Wildman–Crippen MR) is 126 cm³/mol. The number of amides is 3. The minimum atomic E-state index is -5.08. The number of fused-ring (bicyclic) bond motifs is 1. The molecular weight excluding hydrogens is 513 g/mol. The molecule has 0 aromatic heterocycles. The Hall–Kier alpha value is -3.68. The Balaban J connectivity index is 0.000000638. The summed E-state index contributed by atoms with van der Waals surface area (Å²) in [5.74, 6) is -4.27. The minimum absolute atomic E-state index is 0.00771. The number of likely N-dealkylation sites (tertiary alicyclic amines) is 1. The zero-order valence-electron chi connectivity index (χ0n) is 20.8. The van der Waals surface area contributed by atoms with E-state index in [2.05, 4.69) is 15.4 Å². The number of halogens is 3. The molecule has 0 spiro atoms. The van der Waals surface area contributed by atoms with Crippen LogP contribution in [0.2, 0.25) is 0 Å². The molecule has 11 nitrogen and oxygen atoms in total. The number of hydrogen-bond donors (Lipinski definition) is 4. The maximum Gasteiger partial charge on any atom is 0.490 e. The van der Waals surface area contributed by atoms with Crippen LogP contribution >= 0.6 is 0 Å². The van der Waals surface area contributed by atoms with Gasteiger partial charge in [-0.05, 0) is 43.2 Å². The number of hydrogen-bond acceptors (Lipinski definition) is 7. The number of nitrogens with two attached hydrogens (primary N) is 1. The number of esters is 1. The third-order valence-electron chi connectivity index (χ3n) is 6.24. The molecule has 0 bridgehead atoms. The molecule has 1 aliphatic heterocycles. The van der Waals surface area contributed by atoms with Gasteiger partial charge in [0.2, 0.25) is 17.7 Å². The summed E-state index contributed by atoms with van der Waals surface area (Å²) in [6.45, 7) is 0.295. The molecule has 0 radical (unpaired) electrons. The van der Waals surface area contributed by atoms with E-state index in [0.717, 1.165) is 18.4 Å². The molecule has 3 amide bonds. The van der Waals surface area contributed by atoms with Gasteiger partial charge in [-0.25, -0.2) is 4.79 Å². The Kier molecular flexibility index (Phi) is 11.0. The molecule has 14 heteroatoms. The Morgan fingerprint density at radius 1 is 1.18 bits per heavy atom. The van der Waals surface area contributed by atoms with Crippen molar-refractivity contribution in [3.05, 3.63) is 35.4 Å². The number of nitrogens with one attached hydrogen (secondary N) is 2. The van der Waals surface area contributed by atoms with Crippen molar-refractivity contribution in [2.24, 2.45) is 5.73 Å². The van der Waals surface area contributed by atoms with E-state index >= 15 is 0 Å². The Morgan fingerprint density at radius 2 is 1.84 bits per heavy atom. The van der Waals surface area contributed by atoms with E-state index in [-0.39, 0.29) is 37.2 Å². The van der Waals surface area contributed by atoms with Gasteiger partial charge in [0, 0.05) is 13.0 Å². The highest BCUT2D eigenvalue weighted by atomic mass is 19.4. The molecule has 1 fully saturated rings. The van der Waals surface area contributed by atoms with E-state index in [1.54, 1.807) is 0 Å². The number of methoxy groups -OCH3 is 1. The summed E-state index contributed by atoms with van der Waals surface area (Å²) in [7, 11) is 1.28. The average molecular weight is 545 g/mol. The molecule has 5 N–H and O–H groups in total. The molecular formula is C24H31F3N4O7. The van der Waals surface area contributed by atoms with Crippen molar-refractivity contribution >= 4 is 29.7 Å².